The van der Waals surface area contributed by atoms with Crippen LogP contribution in [0, 0.1) is 11.8 Å². The topological polar surface area (TPSA) is 171 Å². The van der Waals surface area contributed by atoms with Crippen LogP contribution in [0.25, 0.3) is 6.08 Å². The lowest BCUT2D eigenvalue weighted by Gasteiger charge is -2.31. The van der Waals surface area contributed by atoms with Gasteiger partial charge in [-0.1, -0.05) is 56.7 Å². The van der Waals surface area contributed by atoms with Gasteiger partial charge in [-0.25, -0.2) is 13.2 Å². The summed E-state index contributed by atoms with van der Waals surface area (Å²) in [5.41, 5.74) is 1.54. The summed E-state index contributed by atoms with van der Waals surface area (Å²) < 4.78 is 33.3. The van der Waals surface area contributed by atoms with Crippen molar-refractivity contribution in [2.75, 3.05) is 6.54 Å². The van der Waals surface area contributed by atoms with Crippen LogP contribution in [-0.4, -0.2) is 83.5 Å². The predicted octanol–water partition coefficient (Wildman–Crippen LogP) is 2.90. The molecule has 270 valence electrons. The maximum Gasteiger partial charge on any atom is 0.410 e. The minimum absolute atomic E-state index is 0.0479. The monoisotopic (exact) mass is 709 g/mol. The average Bonchev–Trinajstić information content (AvgIpc) is 3.96. The zero-order chi connectivity index (χ0) is 35.8. The number of carbonyl (C=O) groups is 5. The summed E-state index contributed by atoms with van der Waals surface area (Å²) >= 11 is 0. The first kappa shape index (κ1) is 35.6. The molecule has 5 aliphatic rings. The van der Waals surface area contributed by atoms with Gasteiger partial charge in [0.2, 0.25) is 27.7 Å². The van der Waals surface area contributed by atoms with Crippen molar-refractivity contribution in [2.45, 2.75) is 114 Å². The molecule has 4 bridgehead atoms. The zero-order valence-corrected chi connectivity index (χ0v) is 29.5. The van der Waals surface area contributed by atoms with Crippen molar-refractivity contribution in [2.24, 2.45) is 11.8 Å². The Balaban J connectivity index is 1.25. The van der Waals surface area contributed by atoms with Gasteiger partial charge in [0, 0.05) is 25.3 Å². The van der Waals surface area contributed by atoms with E-state index in [4.69, 9.17) is 4.74 Å². The summed E-state index contributed by atoms with van der Waals surface area (Å²) in [7, 11) is -3.89. The molecule has 3 N–H and O–H groups in total. The summed E-state index contributed by atoms with van der Waals surface area (Å²) in [4.78, 5) is 71.1. The summed E-state index contributed by atoms with van der Waals surface area (Å²) in [5, 5.41) is 4.98. The highest BCUT2D eigenvalue weighted by atomic mass is 32.2. The van der Waals surface area contributed by atoms with Crippen molar-refractivity contribution >= 4 is 45.8 Å². The van der Waals surface area contributed by atoms with Crippen molar-refractivity contribution in [3.05, 3.63) is 53.6 Å². The number of nitrogens with zero attached hydrogens (tertiary/aromatic N) is 2. The van der Waals surface area contributed by atoms with Crippen molar-refractivity contribution in [1.82, 2.24) is 25.2 Å². The molecule has 3 aliphatic heterocycles. The minimum Gasteiger partial charge on any atom is -0.444 e. The standard InChI is InChI=1S/C36H47N5O8S/c1-4-25-18-36(25,34(45)39-50(47,48)27-15-16-27)38-32(43)29-17-26-20-41(29)33(44)31(22(2)3)37-30(42)14-9-7-5-6-8-11-23-12-10-13-24-19-40(21-28(23)24)35(46)49-26/h4,8,10-13,22,25-27,29,31H,1,5-7,9,14-21H2,2-3H3,(H,37,42)(H,38,43)(H,39,45)/b11-8+/t25-,26-,29+,31+,36-/m1/s1. The molecule has 6 rings (SSSR count). The summed E-state index contributed by atoms with van der Waals surface area (Å²) in [6.07, 6.45) is 8.74. The van der Waals surface area contributed by atoms with Crippen LogP contribution in [0.3, 0.4) is 0 Å². The third kappa shape index (κ3) is 7.45. The summed E-state index contributed by atoms with van der Waals surface area (Å²) in [5.74, 6) is -3.15. The zero-order valence-electron chi connectivity index (χ0n) is 28.7. The van der Waals surface area contributed by atoms with E-state index in [9.17, 15) is 32.4 Å². The first-order valence-corrected chi connectivity index (χ1v) is 19.2. The number of rotatable bonds is 7. The number of ether oxygens (including phenoxy) is 1. The number of hydrogen-bond acceptors (Lipinski definition) is 8. The normalized spacial score (nSPS) is 29.5. The van der Waals surface area contributed by atoms with Gasteiger partial charge < -0.3 is 20.3 Å². The van der Waals surface area contributed by atoms with Gasteiger partial charge in [0.05, 0.1) is 18.3 Å². The van der Waals surface area contributed by atoms with Gasteiger partial charge in [-0.05, 0) is 61.1 Å². The number of fused-ring (bicyclic) bond motifs is 3. The van der Waals surface area contributed by atoms with Crippen LogP contribution >= 0.6 is 0 Å². The van der Waals surface area contributed by atoms with Crippen LogP contribution in [0.5, 0.6) is 0 Å². The number of amides is 5. The van der Waals surface area contributed by atoms with Gasteiger partial charge in [0.15, 0.2) is 0 Å². The van der Waals surface area contributed by atoms with Crippen LogP contribution in [0.4, 0.5) is 4.79 Å². The van der Waals surface area contributed by atoms with E-state index in [-0.39, 0.29) is 37.6 Å². The van der Waals surface area contributed by atoms with E-state index in [2.05, 4.69) is 34.1 Å². The van der Waals surface area contributed by atoms with Crippen molar-refractivity contribution in [1.29, 1.82) is 0 Å². The van der Waals surface area contributed by atoms with Gasteiger partial charge in [0.25, 0.3) is 5.91 Å². The Morgan fingerprint density at radius 2 is 1.90 bits per heavy atom. The van der Waals surface area contributed by atoms with E-state index in [0.29, 0.717) is 32.4 Å². The van der Waals surface area contributed by atoms with E-state index >= 15 is 0 Å². The lowest BCUT2D eigenvalue weighted by molar-refractivity contribution is -0.143. The van der Waals surface area contributed by atoms with E-state index in [1.54, 1.807) is 18.7 Å². The smallest absolute Gasteiger partial charge is 0.410 e. The lowest BCUT2D eigenvalue weighted by Crippen LogP contribution is -2.59. The number of hydrogen-bond donors (Lipinski definition) is 3. The van der Waals surface area contributed by atoms with Crippen LogP contribution < -0.4 is 15.4 Å². The van der Waals surface area contributed by atoms with Crippen molar-refractivity contribution in [3.8, 4) is 0 Å². The second kappa shape index (κ2) is 14.2. The molecule has 0 spiro atoms. The first-order chi connectivity index (χ1) is 23.8. The fraction of sp³-hybridized carbons (Fsp3) is 0.583. The van der Waals surface area contributed by atoms with Crippen LogP contribution in [-0.2, 0) is 47.0 Å². The third-order valence-electron chi connectivity index (χ3n) is 10.5. The van der Waals surface area contributed by atoms with Crippen molar-refractivity contribution < 1.29 is 37.1 Å². The van der Waals surface area contributed by atoms with E-state index in [1.165, 1.54) is 11.0 Å². The maximum absolute atomic E-state index is 14.2. The minimum atomic E-state index is -3.89. The number of allylic oxidation sites excluding steroid dienone is 1. The molecule has 3 heterocycles. The highest BCUT2D eigenvalue weighted by Gasteiger charge is 2.62. The van der Waals surface area contributed by atoms with Gasteiger partial charge in [-0.2, -0.15) is 0 Å². The molecule has 3 fully saturated rings. The Kier molecular flexibility index (Phi) is 10.1. The van der Waals surface area contributed by atoms with E-state index in [0.717, 1.165) is 36.0 Å². The molecule has 13 nitrogen and oxygen atoms in total. The fourth-order valence-corrected chi connectivity index (χ4v) is 8.58. The molecular formula is C36H47N5O8S. The highest BCUT2D eigenvalue weighted by Crippen LogP contribution is 2.45. The Morgan fingerprint density at radius 1 is 1.12 bits per heavy atom. The van der Waals surface area contributed by atoms with E-state index in [1.807, 2.05) is 18.2 Å². The Labute approximate surface area is 293 Å². The van der Waals surface area contributed by atoms with Gasteiger partial charge in [-0.3, -0.25) is 28.8 Å². The number of benzene rings is 1. The second-order valence-corrected chi connectivity index (χ2v) is 16.5. The molecule has 5 amide bonds. The number of nitrogens with one attached hydrogen (secondary N) is 3. The van der Waals surface area contributed by atoms with Gasteiger partial charge in [0.1, 0.15) is 23.7 Å². The van der Waals surface area contributed by atoms with E-state index < -0.39 is 68.7 Å². The number of sulfonamides is 1. The molecule has 2 saturated carbocycles. The van der Waals surface area contributed by atoms with Crippen LogP contribution in [0.1, 0.15) is 88.3 Å². The SMILES string of the molecule is C=C[C@@H]1C[C@]1(NC(=O)[C@@H]1C[C@@H]2CN1C(=O)[C@H](C(C)C)NC(=O)CCCCC/C=C/c1cccc3c1CN(C3)C(=O)O2)C(=O)NS(=O)(=O)C1CC1. The van der Waals surface area contributed by atoms with Crippen LogP contribution in [0.15, 0.2) is 36.9 Å². The quantitative estimate of drug-likeness (QED) is 0.363. The lowest BCUT2D eigenvalue weighted by atomic mass is 10.0. The van der Waals surface area contributed by atoms with Gasteiger partial charge in [-0.15, -0.1) is 6.58 Å². The Hall–Kier alpha value is -4.20. The Morgan fingerprint density at radius 3 is 2.60 bits per heavy atom. The Bertz CT molecular complexity index is 1710. The fourth-order valence-electron chi connectivity index (χ4n) is 7.22. The van der Waals surface area contributed by atoms with Crippen LogP contribution in [0.2, 0.25) is 0 Å². The highest BCUT2D eigenvalue weighted by molar-refractivity contribution is 7.91. The molecule has 5 atom stereocenters. The third-order valence-corrected chi connectivity index (χ3v) is 12.3. The average molecular weight is 710 g/mol. The predicted molar refractivity (Wildman–Crippen MR) is 184 cm³/mol. The molecule has 1 saturated heterocycles. The molecule has 0 radical (unpaired) electrons. The first-order valence-electron chi connectivity index (χ1n) is 17.7. The molecular weight excluding hydrogens is 662 g/mol. The summed E-state index contributed by atoms with van der Waals surface area (Å²) in [6, 6.07) is 3.85. The largest absolute Gasteiger partial charge is 0.444 e. The molecule has 14 heteroatoms. The molecule has 1 aromatic carbocycles. The summed E-state index contributed by atoms with van der Waals surface area (Å²) in [6.45, 7) is 7.97. The molecule has 0 aromatic heterocycles. The molecule has 0 unspecified atom stereocenters. The maximum atomic E-state index is 14.2. The second-order valence-electron chi connectivity index (χ2n) is 14.6. The van der Waals surface area contributed by atoms with Crippen molar-refractivity contribution in [3.63, 3.8) is 0 Å². The number of carbonyl (C=O) groups excluding carboxylic acids is 5. The molecule has 1 aromatic rings. The molecule has 2 aliphatic carbocycles. The van der Waals surface area contributed by atoms with Gasteiger partial charge >= 0.3 is 6.09 Å². The molecule has 50 heavy (non-hydrogen) atoms.